The van der Waals surface area contributed by atoms with Crippen molar-refractivity contribution in [2.75, 3.05) is 7.11 Å². The third-order valence-electron chi connectivity index (χ3n) is 4.17. The van der Waals surface area contributed by atoms with Gasteiger partial charge >= 0.3 is 0 Å². The van der Waals surface area contributed by atoms with E-state index >= 15 is 0 Å². The van der Waals surface area contributed by atoms with Crippen LogP contribution in [0, 0.1) is 0 Å². The first-order valence-electron chi connectivity index (χ1n) is 8.67. The molecular weight excluding hydrogens is 356 g/mol. The van der Waals surface area contributed by atoms with Crippen LogP contribution >= 0.6 is 0 Å². The number of nitrogens with one attached hydrogen (secondary N) is 3. The molecule has 0 radical (unpaired) electrons. The predicted molar refractivity (Wildman–Crippen MR) is 104 cm³/mol. The maximum absolute atomic E-state index is 12.4. The van der Waals surface area contributed by atoms with Gasteiger partial charge in [0.25, 0.3) is 5.91 Å². The van der Waals surface area contributed by atoms with Crippen LogP contribution < -0.4 is 10.1 Å². The summed E-state index contributed by atoms with van der Waals surface area (Å²) in [5.74, 6) is 1.61. The van der Waals surface area contributed by atoms with E-state index in [0.29, 0.717) is 23.0 Å². The van der Waals surface area contributed by atoms with Gasteiger partial charge in [0.15, 0.2) is 5.82 Å². The molecular formula is C20H18N6O2. The Morgan fingerprint density at radius 2 is 1.82 bits per heavy atom. The van der Waals surface area contributed by atoms with Crippen LogP contribution in [0.1, 0.15) is 16.3 Å². The lowest BCUT2D eigenvalue weighted by Crippen LogP contribution is -2.23. The molecule has 0 aliphatic carbocycles. The minimum atomic E-state index is -0.278. The molecule has 3 N–H and O–H groups in total. The number of hydrogen-bond acceptors (Lipinski definition) is 5. The van der Waals surface area contributed by atoms with Crippen LogP contribution in [0.3, 0.4) is 0 Å². The van der Waals surface area contributed by atoms with E-state index in [-0.39, 0.29) is 12.5 Å². The maximum atomic E-state index is 12.4. The van der Waals surface area contributed by atoms with Crippen molar-refractivity contribution in [3.63, 3.8) is 0 Å². The van der Waals surface area contributed by atoms with Crippen LogP contribution in [0.15, 0.2) is 60.7 Å². The van der Waals surface area contributed by atoms with Gasteiger partial charge in [0.1, 0.15) is 17.3 Å². The molecule has 0 saturated heterocycles. The second kappa shape index (κ2) is 7.75. The zero-order valence-corrected chi connectivity index (χ0v) is 15.1. The number of benzene rings is 2. The Morgan fingerprint density at radius 1 is 1.00 bits per heavy atom. The van der Waals surface area contributed by atoms with Crippen molar-refractivity contribution < 1.29 is 9.53 Å². The molecule has 28 heavy (non-hydrogen) atoms. The number of H-pyrrole nitrogens is 2. The van der Waals surface area contributed by atoms with Crippen LogP contribution in [0.25, 0.3) is 22.6 Å². The predicted octanol–water partition coefficient (Wildman–Crippen LogP) is 2.80. The molecule has 4 aromatic rings. The first-order valence-corrected chi connectivity index (χ1v) is 8.67. The Hall–Kier alpha value is -3.94. The molecule has 140 valence electrons. The number of ether oxygens (including phenoxy) is 1. The van der Waals surface area contributed by atoms with E-state index in [4.69, 9.17) is 4.74 Å². The van der Waals surface area contributed by atoms with Crippen molar-refractivity contribution in [2.24, 2.45) is 0 Å². The monoisotopic (exact) mass is 374 g/mol. The van der Waals surface area contributed by atoms with Crippen LogP contribution in [0.2, 0.25) is 0 Å². The van der Waals surface area contributed by atoms with Crippen LogP contribution in [-0.4, -0.2) is 38.4 Å². The molecule has 0 atom stereocenters. The van der Waals surface area contributed by atoms with E-state index in [0.717, 1.165) is 16.9 Å². The van der Waals surface area contributed by atoms with Gasteiger partial charge in [-0.15, -0.1) is 0 Å². The summed E-state index contributed by atoms with van der Waals surface area (Å²) < 4.78 is 5.22. The molecule has 0 aliphatic rings. The standard InChI is InChI=1S/C20H18N6O2/c1-28-15-9-5-8-14(10-15)16-11-17(24-23-16)20(27)21-12-18-22-19(26-25-18)13-6-3-2-4-7-13/h2-11H,12H2,1H3,(H,21,27)(H,23,24)(H,22,25,26). The second-order valence-electron chi connectivity index (χ2n) is 6.05. The second-order valence-corrected chi connectivity index (χ2v) is 6.05. The van der Waals surface area contributed by atoms with E-state index < -0.39 is 0 Å². The highest BCUT2D eigenvalue weighted by Crippen LogP contribution is 2.22. The van der Waals surface area contributed by atoms with E-state index in [9.17, 15) is 4.79 Å². The van der Waals surface area contributed by atoms with E-state index in [2.05, 4.69) is 30.7 Å². The molecule has 2 heterocycles. The minimum Gasteiger partial charge on any atom is -0.497 e. The molecule has 0 spiro atoms. The lowest BCUT2D eigenvalue weighted by Gasteiger charge is -2.01. The molecule has 4 rings (SSSR count). The van der Waals surface area contributed by atoms with E-state index in [1.54, 1.807) is 13.2 Å². The first-order chi connectivity index (χ1) is 13.7. The lowest BCUT2D eigenvalue weighted by molar-refractivity contribution is 0.0945. The highest BCUT2D eigenvalue weighted by molar-refractivity contribution is 5.93. The number of aromatic nitrogens is 5. The number of nitrogens with zero attached hydrogens (tertiary/aromatic N) is 3. The lowest BCUT2D eigenvalue weighted by atomic mass is 10.1. The molecule has 2 aromatic carbocycles. The smallest absolute Gasteiger partial charge is 0.269 e. The van der Waals surface area contributed by atoms with Gasteiger partial charge in [-0.3, -0.25) is 15.0 Å². The Bertz CT molecular complexity index is 1090. The minimum absolute atomic E-state index is 0.228. The van der Waals surface area contributed by atoms with Crippen molar-refractivity contribution in [1.29, 1.82) is 0 Å². The molecule has 0 saturated carbocycles. The third-order valence-corrected chi connectivity index (χ3v) is 4.17. The van der Waals surface area contributed by atoms with Crippen LogP contribution in [-0.2, 0) is 6.54 Å². The molecule has 0 aliphatic heterocycles. The zero-order valence-electron chi connectivity index (χ0n) is 15.1. The first kappa shape index (κ1) is 17.5. The number of carbonyl (C=O) groups is 1. The summed E-state index contributed by atoms with van der Waals surface area (Å²) in [5, 5.41) is 16.8. The normalized spacial score (nSPS) is 10.6. The summed E-state index contributed by atoms with van der Waals surface area (Å²) in [6.07, 6.45) is 0. The summed E-state index contributed by atoms with van der Waals surface area (Å²) in [4.78, 5) is 16.8. The van der Waals surface area contributed by atoms with Gasteiger partial charge in [0, 0.05) is 11.1 Å². The Labute approximate surface area is 161 Å². The van der Waals surface area contributed by atoms with Gasteiger partial charge in [-0.25, -0.2) is 4.98 Å². The van der Waals surface area contributed by atoms with Gasteiger partial charge in [-0.1, -0.05) is 42.5 Å². The molecule has 1 amide bonds. The summed E-state index contributed by atoms with van der Waals surface area (Å²) in [5.41, 5.74) is 2.79. The summed E-state index contributed by atoms with van der Waals surface area (Å²) in [6.45, 7) is 0.228. The van der Waals surface area contributed by atoms with Crippen molar-refractivity contribution in [1.82, 2.24) is 30.7 Å². The number of amides is 1. The number of carbonyl (C=O) groups excluding carboxylic acids is 1. The highest BCUT2D eigenvalue weighted by atomic mass is 16.5. The van der Waals surface area contributed by atoms with E-state index in [1.165, 1.54) is 0 Å². The topological polar surface area (TPSA) is 109 Å². The Morgan fingerprint density at radius 3 is 2.64 bits per heavy atom. The van der Waals surface area contributed by atoms with Crippen molar-refractivity contribution in [3.05, 3.63) is 72.2 Å². The fourth-order valence-electron chi connectivity index (χ4n) is 2.72. The Kier molecular flexibility index (Phi) is 4.83. The average Bonchev–Trinajstić information content (AvgIpc) is 3.43. The van der Waals surface area contributed by atoms with Gasteiger partial charge in [0.2, 0.25) is 0 Å². The van der Waals surface area contributed by atoms with Crippen molar-refractivity contribution in [2.45, 2.75) is 6.54 Å². The molecule has 0 bridgehead atoms. The quantitative estimate of drug-likeness (QED) is 0.481. The number of aromatic amines is 2. The fraction of sp³-hybridized carbons (Fsp3) is 0.100. The van der Waals surface area contributed by atoms with Gasteiger partial charge in [-0.2, -0.15) is 10.2 Å². The highest BCUT2D eigenvalue weighted by Gasteiger charge is 2.13. The summed E-state index contributed by atoms with van der Waals surface area (Å²) in [6, 6.07) is 18.8. The SMILES string of the molecule is COc1cccc(-c2cc(C(=O)NCc3nc(-c4ccccc4)n[nH]3)[nH]n2)c1. The van der Waals surface area contributed by atoms with Gasteiger partial charge in [-0.05, 0) is 18.2 Å². The molecule has 0 fully saturated rings. The molecule has 8 nitrogen and oxygen atoms in total. The molecule has 2 aromatic heterocycles. The zero-order chi connectivity index (χ0) is 19.3. The maximum Gasteiger partial charge on any atom is 0.269 e. The Balaban J connectivity index is 1.41. The largest absolute Gasteiger partial charge is 0.497 e. The van der Waals surface area contributed by atoms with Crippen molar-refractivity contribution in [3.8, 4) is 28.4 Å². The van der Waals surface area contributed by atoms with Gasteiger partial charge in [0.05, 0.1) is 19.3 Å². The summed E-state index contributed by atoms with van der Waals surface area (Å²) in [7, 11) is 1.61. The third kappa shape index (κ3) is 3.75. The molecule has 0 unspecified atom stereocenters. The number of methoxy groups -OCH3 is 1. The average molecular weight is 374 g/mol. The number of rotatable bonds is 6. The van der Waals surface area contributed by atoms with E-state index in [1.807, 2.05) is 54.6 Å². The summed E-state index contributed by atoms with van der Waals surface area (Å²) >= 11 is 0. The fourth-order valence-corrected chi connectivity index (χ4v) is 2.72. The number of hydrogen-bond donors (Lipinski definition) is 3. The molecule has 8 heteroatoms. The van der Waals surface area contributed by atoms with Crippen molar-refractivity contribution >= 4 is 5.91 Å². The van der Waals surface area contributed by atoms with Crippen LogP contribution in [0.4, 0.5) is 0 Å². The van der Waals surface area contributed by atoms with Crippen LogP contribution in [0.5, 0.6) is 5.75 Å². The van der Waals surface area contributed by atoms with Gasteiger partial charge < -0.3 is 10.1 Å².